The highest BCUT2D eigenvalue weighted by Gasteiger charge is 2.25. The number of amides is 1. The lowest BCUT2D eigenvalue weighted by Gasteiger charge is -2.36. The van der Waals surface area contributed by atoms with Gasteiger partial charge in [0.25, 0.3) is 0 Å². The molecular weight excluding hydrogens is 316 g/mol. The van der Waals surface area contributed by atoms with E-state index in [4.69, 9.17) is 4.74 Å². The molecule has 1 fully saturated rings. The fraction of sp³-hybridized carbons (Fsp3) is 0.789. The molecule has 0 bridgehead atoms. The van der Waals surface area contributed by atoms with E-state index in [1.807, 2.05) is 23.4 Å². The van der Waals surface area contributed by atoms with Crippen LogP contribution in [0.3, 0.4) is 0 Å². The van der Waals surface area contributed by atoms with Crippen LogP contribution in [0.5, 0.6) is 0 Å². The van der Waals surface area contributed by atoms with E-state index >= 15 is 0 Å². The van der Waals surface area contributed by atoms with Crippen molar-refractivity contribution in [2.75, 3.05) is 39.3 Å². The topological polar surface area (TPSA) is 50.6 Å². The van der Waals surface area contributed by atoms with Crippen LogP contribution in [0.1, 0.15) is 37.7 Å². The van der Waals surface area contributed by atoms with Gasteiger partial charge in [-0.15, -0.1) is 0 Å². The number of nitrogens with zero attached hydrogens (tertiary/aromatic N) is 4. The van der Waals surface area contributed by atoms with Crippen molar-refractivity contribution in [1.82, 2.24) is 19.6 Å². The minimum absolute atomic E-state index is 0.0479. The third kappa shape index (κ3) is 5.28. The Balaban J connectivity index is 1.80. The van der Waals surface area contributed by atoms with Crippen molar-refractivity contribution < 1.29 is 9.53 Å². The standard InChI is InChI=1S/C19H34N4O2/c1-14(2)25-12-11-21-7-9-22(10-8-21)19(24)15(3)13-23-18(6)16(4)17(5)20-23/h14-15H,7-13H2,1-6H3/t15-/m1/s1. The van der Waals surface area contributed by atoms with Crippen LogP contribution in [0.15, 0.2) is 0 Å². The summed E-state index contributed by atoms with van der Waals surface area (Å²) in [4.78, 5) is 17.1. The SMILES string of the molecule is Cc1nn(C[C@@H](C)C(=O)N2CCN(CCOC(C)C)CC2)c(C)c1C. The Labute approximate surface area is 152 Å². The molecule has 6 heteroatoms. The van der Waals surface area contributed by atoms with Crippen molar-refractivity contribution in [3.63, 3.8) is 0 Å². The summed E-state index contributed by atoms with van der Waals surface area (Å²) in [5, 5.41) is 4.56. The van der Waals surface area contributed by atoms with Gasteiger partial charge in [0, 0.05) is 38.4 Å². The Morgan fingerprint density at radius 1 is 1.12 bits per heavy atom. The molecule has 1 aliphatic heterocycles. The third-order valence-electron chi connectivity index (χ3n) is 5.15. The monoisotopic (exact) mass is 350 g/mol. The lowest BCUT2D eigenvalue weighted by molar-refractivity contribution is -0.137. The van der Waals surface area contributed by atoms with E-state index in [9.17, 15) is 4.79 Å². The zero-order valence-corrected chi connectivity index (χ0v) is 16.7. The molecule has 0 unspecified atom stereocenters. The maximum Gasteiger partial charge on any atom is 0.227 e. The number of aryl methyl sites for hydroxylation is 1. The molecule has 1 aromatic heterocycles. The van der Waals surface area contributed by atoms with Crippen molar-refractivity contribution in [3.8, 4) is 0 Å². The molecule has 1 aromatic rings. The fourth-order valence-electron chi connectivity index (χ4n) is 3.22. The van der Waals surface area contributed by atoms with Crippen molar-refractivity contribution in [1.29, 1.82) is 0 Å². The molecule has 1 saturated heterocycles. The Kier molecular flexibility index (Phi) is 7.02. The van der Waals surface area contributed by atoms with E-state index in [0.717, 1.165) is 50.7 Å². The van der Waals surface area contributed by atoms with Crippen LogP contribution < -0.4 is 0 Å². The summed E-state index contributed by atoms with van der Waals surface area (Å²) in [5.41, 5.74) is 3.43. The first kappa shape index (κ1) is 19.9. The van der Waals surface area contributed by atoms with Crippen molar-refractivity contribution >= 4 is 5.91 Å². The lowest BCUT2D eigenvalue weighted by Crippen LogP contribution is -2.51. The number of hydrogen-bond donors (Lipinski definition) is 0. The van der Waals surface area contributed by atoms with Gasteiger partial charge < -0.3 is 9.64 Å². The molecule has 142 valence electrons. The number of hydrogen-bond acceptors (Lipinski definition) is 4. The molecule has 1 atom stereocenters. The number of aromatic nitrogens is 2. The number of rotatable bonds is 7. The Morgan fingerprint density at radius 2 is 1.76 bits per heavy atom. The molecule has 0 aromatic carbocycles. The Morgan fingerprint density at radius 3 is 2.28 bits per heavy atom. The summed E-state index contributed by atoms with van der Waals surface area (Å²) in [6.45, 7) is 18.1. The molecule has 2 rings (SSSR count). The van der Waals surface area contributed by atoms with Crippen LogP contribution in [0.2, 0.25) is 0 Å². The van der Waals surface area contributed by atoms with Crippen LogP contribution in [0, 0.1) is 26.7 Å². The molecule has 0 radical (unpaired) electrons. The summed E-state index contributed by atoms with van der Waals surface area (Å²) >= 11 is 0. The smallest absolute Gasteiger partial charge is 0.227 e. The summed E-state index contributed by atoms with van der Waals surface area (Å²) in [7, 11) is 0. The second kappa shape index (κ2) is 8.81. The molecule has 0 N–H and O–H groups in total. The van der Waals surface area contributed by atoms with Crippen LogP contribution in [-0.4, -0.2) is 70.9 Å². The summed E-state index contributed by atoms with van der Waals surface area (Å²) in [6.07, 6.45) is 0.279. The van der Waals surface area contributed by atoms with E-state index in [2.05, 4.69) is 37.7 Å². The van der Waals surface area contributed by atoms with Gasteiger partial charge in [0.15, 0.2) is 0 Å². The lowest BCUT2D eigenvalue weighted by atomic mass is 10.1. The summed E-state index contributed by atoms with van der Waals surface area (Å²) in [6, 6.07) is 0. The van der Waals surface area contributed by atoms with Gasteiger partial charge in [0.1, 0.15) is 0 Å². The molecule has 1 aliphatic rings. The quantitative estimate of drug-likeness (QED) is 0.755. The minimum atomic E-state index is -0.0479. The highest BCUT2D eigenvalue weighted by Crippen LogP contribution is 2.15. The second-order valence-electron chi connectivity index (χ2n) is 7.47. The third-order valence-corrected chi connectivity index (χ3v) is 5.15. The van der Waals surface area contributed by atoms with E-state index in [1.165, 1.54) is 5.56 Å². The zero-order chi connectivity index (χ0) is 18.6. The normalized spacial score (nSPS) is 17.3. The molecule has 0 spiro atoms. The summed E-state index contributed by atoms with van der Waals surface area (Å²) < 4.78 is 7.59. The number of piperazine rings is 1. The maximum atomic E-state index is 12.8. The second-order valence-corrected chi connectivity index (χ2v) is 7.47. The highest BCUT2D eigenvalue weighted by molar-refractivity contribution is 5.78. The summed E-state index contributed by atoms with van der Waals surface area (Å²) in [5.74, 6) is 0.191. The van der Waals surface area contributed by atoms with Crippen LogP contribution in [0.4, 0.5) is 0 Å². The van der Waals surface area contributed by atoms with Gasteiger partial charge in [-0.2, -0.15) is 5.10 Å². The van der Waals surface area contributed by atoms with E-state index in [-0.39, 0.29) is 17.9 Å². The molecule has 2 heterocycles. The number of carbonyl (C=O) groups excluding carboxylic acids is 1. The maximum absolute atomic E-state index is 12.8. The number of ether oxygens (including phenoxy) is 1. The van der Waals surface area contributed by atoms with Gasteiger partial charge in [-0.1, -0.05) is 6.92 Å². The first-order chi connectivity index (χ1) is 11.8. The van der Waals surface area contributed by atoms with E-state index in [0.29, 0.717) is 6.54 Å². The van der Waals surface area contributed by atoms with Crippen molar-refractivity contribution in [2.24, 2.45) is 5.92 Å². The minimum Gasteiger partial charge on any atom is -0.377 e. The average molecular weight is 351 g/mol. The zero-order valence-electron chi connectivity index (χ0n) is 16.7. The fourth-order valence-corrected chi connectivity index (χ4v) is 3.22. The van der Waals surface area contributed by atoms with Gasteiger partial charge >= 0.3 is 0 Å². The van der Waals surface area contributed by atoms with Gasteiger partial charge in [-0.3, -0.25) is 14.4 Å². The van der Waals surface area contributed by atoms with E-state index in [1.54, 1.807) is 0 Å². The Hall–Kier alpha value is -1.40. The number of carbonyl (C=O) groups is 1. The first-order valence-corrected chi connectivity index (χ1v) is 9.43. The highest BCUT2D eigenvalue weighted by atomic mass is 16.5. The Bertz CT molecular complexity index is 574. The molecule has 6 nitrogen and oxygen atoms in total. The largest absolute Gasteiger partial charge is 0.377 e. The van der Waals surface area contributed by atoms with Gasteiger partial charge in [-0.05, 0) is 40.2 Å². The van der Waals surface area contributed by atoms with E-state index < -0.39 is 0 Å². The average Bonchev–Trinajstić information content (AvgIpc) is 2.81. The van der Waals surface area contributed by atoms with Crippen LogP contribution >= 0.6 is 0 Å². The predicted octanol–water partition coefficient (Wildman–Crippen LogP) is 2.01. The molecule has 0 aliphatic carbocycles. The van der Waals surface area contributed by atoms with Gasteiger partial charge in [0.2, 0.25) is 5.91 Å². The van der Waals surface area contributed by atoms with Crippen LogP contribution in [0.25, 0.3) is 0 Å². The van der Waals surface area contributed by atoms with Gasteiger partial charge in [-0.25, -0.2) is 0 Å². The van der Waals surface area contributed by atoms with Crippen LogP contribution in [-0.2, 0) is 16.1 Å². The molecule has 25 heavy (non-hydrogen) atoms. The predicted molar refractivity (Wildman–Crippen MR) is 99.7 cm³/mol. The van der Waals surface area contributed by atoms with Gasteiger partial charge in [0.05, 0.1) is 30.9 Å². The molecule has 1 amide bonds. The first-order valence-electron chi connectivity index (χ1n) is 9.43. The van der Waals surface area contributed by atoms with Crippen molar-refractivity contribution in [2.45, 2.75) is 54.2 Å². The molecular formula is C19H34N4O2. The van der Waals surface area contributed by atoms with Crippen molar-refractivity contribution in [3.05, 3.63) is 17.0 Å². The molecule has 0 saturated carbocycles.